The van der Waals surface area contributed by atoms with Crippen LogP contribution in [0.15, 0.2) is 42.5 Å². The molecule has 0 atom stereocenters. The van der Waals surface area contributed by atoms with Gasteiger partial charge in [-0.15, -0.1) is 0 Å². The summed E-state index contributed by atoms with van der Waals surface area (Å²) in [7, 11) is 1.71. The van der Waals surface area contributed by atoms with Gasteiger partial charge in [-0.05, 0) is 42.9 Å². The number of rotatable bonds is 6. The summed E-state index contributed by atoms with van der Waals surface area (Å²) in [6.45, 7) is 10.9. The Labute approximate surface area is 140 Å². The standard InChI is InChI=1S/C21H28O2/c1-7-21(4,5)18-13-9-8-11-16(18)17-12-10-14-19(20(17)22-6)23-15(2)3/h8-15H,7H2,1-6H3. The van der Waals surface area contributed by atoms with Gasteiger partial charge in [0.2, 0.25) is 0 Å². The van der Waals surface area contributed by atoms with E-state index in [1.165, 1.54) is 11.1 Å². The van der Waals surface area contributed by atoms with E-state index in [0.717, 1.165) is 23.5 Å². The smallest absolute Gasteiger partial charge is 0.168 e. The first-order valence-electron chi connectivity index (χ1n) is 8.34. The van der Waals surface area contributed by atoms with Crippen LogP contribution in [-0.4, -0.2) is 13.2 Å². The molecule has 0 N–H and O–H groups in total. The van der Waals surface area contributed by atoms with Crippen LogP contribution in [0.2, 0.25) is 0 Å². The Hall–Kier alpha value is -1.96. The summed E-state index contributed by atoms with van der Waals surface area (Å²) < 4.78 is 11.6. The van der Waals surface area contributed by atoms with E-state index in [4.69, 9.17) is 9.47 Å². The SMILES string of the molecule is CCC(C)(C)c1ccccc1-c1cccc(OC(C)C)c1OC. The monoisotopic (exact) mass is 312 g/mol. The van der Waals surface area contributed by atoms with Crippen molar-refractivity contribution >= 4 is 0 Å². The highest BCUT2D eigenvalue weighted by Gasteiger charge is 2.24. The predicted octanol–water partition coefficient (Wildman–Crippen LogP) is 5.84. The van der Waals surface area contributed by atoms with Gasteiger partial charge in [0.05, 0.1) is 13.2 Å². The highest BCUT2D eigenvalue weighted by atomic mass is 16.5. The van der Waals surface area contributed by atoms with Crippen molar-refractivity contribution in [2.24, 2.45) is 0 Å². The van der Waals surface area contributed by atoms with Crippen LogP contribution in [0.5, 0.6) is 11.5 Å². The molecule has 0 aliphatic heterocycles. The van der Waals surface area contributed by atoms with Gasteiger partial charge in [0.1, 0.15) is 0 Å². The molecule has 23 heavy (non-hydrogen) atoms. The average molecular weight is 312 g/mol. The Morgan fingerprint density at radius 3 is 2.22 bits per heavy atom. The molecule has 0 spiro atoms. The second-order valence-electron chi connectivity index (χ2n) is 6.79. The zero-order valence-electron chi connectivity index (χ0n) is 15.1. The summed E-state index contributed by atoms with van der Waals surface area (Å²) >= 11 is 0. The molecule has 2 heteroatoms. The van der Waals surface area contributed by atoms with Gasteiger partial charge >= 0.3 is 0 Å². The Kier molecular flexibility index (Phi) is 5.35. The third-order valence-corrected chi connectivity index (χ3v) is 4.38. The zero-order chi connectivity index (χ0) is 17.0. The maximum absolute atomic E-state index is 5.93. The zero-order valence-corrected chi connectivity index (χ0v) is 15.1. The molecule has 0 unspecified atom stereocenters. The van der Waals surface area contributed by atoms with Gasteiger partial charge in [-0.25, -0.2) is 0 Å². The van der Waals surface area contributed by atoms with Crippen LogP contribution in [-0.2, 0) is 5.41 Å². The number of para-hydroxylation sites is 1. The van der Waals surface area contributed by atoms with E-state index in [9.17, 15) is 0 Å². The quantitative estimate of drug-likeness (QED) is 0.667. The van der Waals surface area contributed by atoms with Crippen LogP contribution in [0.3, 0.4) is 0 Å². The topological polar surface area (TPSA) is 18.5 Å². The molecule has 0 heterocycles. The number of benzene rings is 2. The van der Waals surface area contributed by atoms with Gasteiger partial charge in [-0.1, -0.05) is 57.2 Å². The fourth-order valence-corrected chi connectivity index (χ4v) is 2.78. The fourth-order valence-electron chi connectivity index (χ4n) is 2.78. The second kappa shape index (κ2) is 7.08. The van der Waals surface area contributed by atoms with Crippen LogP contribution in [0.4, 0.5) is 0 Å². The highest BCUT2D eigenvalue weighted by Crippen LogP contribution is 2.43. The van der Waals surface area contributed by atoms with Crippen molar-refractivity contribution in [1.29, 1.82) is 0 Å². The molecular weight excluding hydrogens is 284 g/mol. The van der Waals surface area contributed by atoms with Gasteiger partial charge in [-0.2, -0.15) is 0 Å². The van der Waals surface area contributed by atoms with Crippen LogP contribution in [0.25, 0.3) is 11.1 Å². The molecule has 0 fully saturated rings. The van der Waals surface area contributed by atoms with Crippen molar-refractivity contribution in [3.63, 3.8) is 0 Å². The van der Waals surface area contributed by atoms with Crippen LogP contribution in [0, 0.1) is 0 Å². The normalized spacial score (nSPS) is 11.6. The van der Waals surface area contributed by atoms with E-state index in [1.54, 1.807) is 7.11 Å². The molecule has 0 saturated carbocycles. The Morgan fingerprint density at radius 1 is 0.957 bits per heavy atom. The van der Waals surface area contributed by atoms with E-state index in [-0.39, 0.29) is 11.5 Å². The van der Waals surface area contributed by atoms with E-state index in [2.05, 4.69) is 51.1 Å². The van der Waals surface area contributed by atoms with Gasteiger partial charge in [0, 0.05) is 5.56 Å². The molecule has 2 aromatic rings. The van der Waals surface area contributed by atoms with E-state index >= 15 is 0 Å². The molecule has 0 bridgehead atoms. The maximum atomic E-state index is 5.93. The van der Waals surface area contributed by atoms with Gasteiger partial charge < -0.3 is 9.47 Å². The Balaban J connectivity index is 2.64. The molecule has 0 aliphatic carbocycles. The predicted molar refractivity (Wildman–Crippen MR) is 97.5 cm³/mol. The largest absolute Gasteiger partial charge is 0.492 e. The van der Waals surface area contributed by atoms with Crippen LogP contribution >= 0.6 is 0 Å². The molecule has 0 saturated heterocycles. The third kappa shape index (κ3) is 3.69. The first kappa shape index (κ1) is 17.4. The number of ether oxygens (including phenoxy) is 2. The van der Waals surface area contributed by atoms with Crippen LogP contribution < -0.4 is 9.47 Å². The molecule has 0 aliphatic rings. The summed E-state index contributed by atoms with van der Waals surface area (Å²) in [4.78, 5) is 0. The van der Waals surface area contributed by atoms with Gasteiger partial charge in [0.25, 0.3) is 0 Å². The van der Waals surface area contributed by atoms with Crippen LogP contribution in [0.1, 0.15) is 46.6 Å². The maximum Gasteiger partial charge on any atom is 0.168 e. The Bertz CT molecular complexity index is 657. The van der Waals surface area contributed by atoms with Gasteiger partial charge in [0.15, 0.2) is 11.5 Å². The molecule has 0 amide bonds. The van der Waals surface area contributed by atoms with E-state index < -0.39 is 0 Å². The molecule has 124 valence electrons. The van der Waals surface area contributed by atoms with Crippen molar-refractivity contribution in [3.8, 4) is 22.6 Å². The lowest BCUT2D eigenvalue weighted by molar-refractivity contribution is 0.230. The molecule has 2 aromatic carbocycles. The lowest BCUT2D eigenvalue weighted by atomic mass is 9.78. The van der Waals surface area contributed by atoms with Crippen molar-refractivity contribution in [3.05, 3.63) is 48.0 Å². The fraction of sp³-hybridized carbons (Fsp3) is 0.429. The molecule has 0 aromatic heterocycles. The van der Waals surface area contributed by atoms with Gasteiger partial charge in [-0.3, -0.25) is 0 Å². The molecule has 2 rings (SSSR count). The summed E-state index contributed by atoms with van der Waals surface area (Å²) in [5.74, 6) is 1.60. The van der Waals surface area contributed by atoms with Crippen molar-refractivity contribution in [1.82, 2.24) is 0 Å². The lowest BCUT2D eigenvalue weighted by Crippen LogP contribution is -2.16. The van der Waals surface area contributed by atoms with Crippen molar-refractivity contribution < 1.29 is 9.47 Å². The molecule has 0 radical (unpaired) electrons. The van der Waals surface area contributed by atoms with Crippen molar-refractivity contribution in [2.45, 2.75) is 52.6 Å². The Morgan fingerprint density at radius 2 is 1.61 bits per heavy atom. The molecular formula is C21H28O2. The summed E-state index contributed by atoms with van der Waals surface area (Å²) in [6, 6.07) is 14.7. The first-order valence-corrected chi connectivity index (χ1v) is 8.34. The lowest BCUT2D eigenvalue weighted by Gasteiger charge is -2.27. The average Bonchev–Trinajstić information content (AvgIpc) is 2.54. The summed E-state index contributed by atoms with van der Waals surface area (Å²) in [5, 5.41) is 0. The van der Waals surface area contributed by atoms with Crippen molar-refractivity contribution in [2.75, 3.05) is 7.11 Å². The number of hydrogen-bond acceptors (Lipinski definition) is 2. The number of hydrogen-bond donors (Lipinski definition) is 0. The minimum atomic E-state index is 0.108. The van der Waals surface area contributed by atoms with E-state index in [1.807, 2.05) is 26.0 Å². The summed E-state index contributed by atoms with van der Waals surface area (Å²) in [6.07, 6.45) is 1.19. The van der Waals surface area contributed by atoms with E-state index in [0.29, 0.717) is 0 Å². The first-order chi connectivity index (χ1) is 10.9. The molecule has 2 nitrogen and oxygen atoms in total. The minimum Gasteiger partial charge on any atom is -0.492 e. The minimum absolute atomic E-state index is 0.108. The summed E-state index contributed by atoms with van der Waals surface area (Å²) in [5.41, 5.74) is 3.74. The number of methoxy groups -OCH3 is 1. The third-order valence-electron chi connectivity index (χ3n) is 4.38. The highest BCUT2D eigenvalue weighted by molar-refractivity contribution is 5.77. The second-order valence-corrected chi connectivity index (χ2v) is 6.79.